The smallest absolute Gasteiger partial charge is 0.391 e. The van der Waals surface area contributed by atoms with Crippen LogP contribution in [-0.4, -0.2) is 46.7 Å². The van der Waals surface area contributed by atoms with Gasteiger partial charge in [0.1, 0.15) is 17.7 Å². The highest BCUT2D eigenvalue weighted by atomic mass is 19.4. The van der Waals surface area contributed by atoms with Crippen molar-refractivity contribution in [1.82, 2.24) is 4.90 Å². The first-order valence-electron chi connectivity index (χ1n) is 6.41. The van der Waals surface area contributed by atoms with E-state index in [9.17, 15) is 36.6 Å². The molecule has 1 aromatic rings. The second-order valence-corrected chi connectivity index (χ2v) is 4.97. The maximum absolute atomic E-state index is 13.4. The predicted octanol–water partition coefficient (Wildman–Crippen LogP) is 1.43. The van der Waals surface area contributed by atoms with Gasteiger partial charge in [-0.25, -0.2) is 8.78 Å². The Balaban J connectivity index is 2.19. The number of carbonyl (C=O) groups excluding carboxylic acids is 2. The van der Waals surface area contributed by atoms with Crippen molar-refractivity contribution in [3.8, 4) is 0 Å². The number of hydrogen-bond donors (Lipinski definition) is 2. The monoisotopic (exact) mass is 338 g/mol. The van der Waals surface area contributed by atoms with Crippen LogP contribution in [0.25, 0.3) is 0 Å². The van der Waals surface area contributed by atoms with E-state index in [0.717, 1.165) is 12.1 Å². The van der Waals surface area contributed by atoms with Crippen LogP contribution in [0.15, 0.2) is 18.2 Å². The van der Waals surface area contributed by atoms with Gasteiger partial charge in [0.2, 0.25) is 5.91 Å². The molecule has 0 radical (unpaired) electrons. The Morgan fingerprint density at radius 1 is 1.26 bits per heavy atom. The number of hydrogen-bond acceptors (Lipinski definition) is 3. The standard InChI is InChI=1S/C13H11F5N2O3/c14-6-1-2-8(15)9(3-6)19-11(22)10-4-7(21)5-20(10)12(23)13(16,17)18/h1-3,7,10,21H,4-5H2,(H,19,22)/t7-,10+/m0/s1. The number of likely N-dealkylation sites (tertiary alicyclic amines) is 1. The third-order valence-electron chi connectivity index (χ3n) is 3.27. The van der Waals surface area contributed by atoms with Crippen LogP contribution in [0.3, 0.4) is 0 Å². The maximum Gasteiger partial charge on any atom is 0.471 e. The number of nitrogens with one attached hydrogen (secondary N) is 1. The Kier molecular flexibility index (Phi) is 4.55. The highest BCUT2D eigenvalue weighted by molar-refractivity contribution is 5.98. The fourth-order valence-electron chi connectivity index (χ4n) is 2.26. The highest BCUT2D eigenvalue weighted by Crippen LogP contribution is 2.27. The molecule has 2 N–H and O–H groups in total. The number of rotatable bonds is 2. The van der Waals surface area contributed by atoms with Gasteiger partial charge in [0.05, 0.1) is 11.8 Å². The molecule has 0 unspecified atom stereocenters. The van der Waals surface area contributed by atoms with Crippen LogP contribution in [0.5, 0.6) is 0 Å². The van der Waals surface area contributed by atoms with Gasteiger partial charge < -0.3 is 15.3 Å². The average Bonchev–Trinajstić information content (AvgIpc) is 2.83. The summed E-state index contributed by atoms with van der Waals surface area (Å²) in [4.78, 5) is 23.4. The summed E-state index contributed by atoms with van der Waals surface area (Å²) in [5.74, 6) is -5.29. The Labute approximate surface area is 126 Å². The molecule has 0 saturated carbocycles. The molecule has 1 aromatic carbocycles. The van der Waals surface area contributed by atoms with E-state index in [4.69, 9.17) is 0 Å². The number of aliphatic hydroxyl groups excluding tert-OH is 1. The zero-order valence-electron chi connectivity index (χ0n) is 11.4. The fourth-order valence-corrected chi connectivity index (χ4v) is 2.26. The van der Waals surface area contributed by atoms with Crippen molar-refractivity contribution < 1.29 is 36.6 Å². The summed E-state index contributed by atoms with van der Waals surface area (Å²) in [6, 6.07) is 0.535. The van der Waals surface area contributed by atoms with E-state index in [1.807, 2.05) is 5.32 Å². The van der Waals surface area contributed by atoms with Gasteiger partial charge in [-0.3, -0.25) is 9.59 Å². The number of aliphatic hydroxyl groups is 1. The summed E-state index contributed by atoms with van der Waals surface area (Å²) in [6.07, 6.45) is -6.98. The van der Waals surface area contributed by atoms with Crippen LogP contribution in [-0.2, 0) is 9.59 Å². The van der Waals surface area contributed by atoms with E-state index in [1.165, 1.54) is 0 Å². The molecule has 126 valence electrons. The van der Waals surface area contributed by atoms with E-state index >= 15 is 0 Å². The van der Waals surface area contributed by atoms with E-state index in [1.54, 1.807) is 0 Å². The lowest BCUT2D eigenvalue weighted by Crippen LogP contribution is -2.48. The maximum atomic E-state index is 13.4. The van der Waals surface area contributed by atoms with Gasteiger partial charge in [-0.15, -0.1) is 0 Å². The molecule has 1 heterocycles. The van der Waals surface area contributed by atoms with Gasteiger partial charge >= 0.3 is 12.1 Å². The Morgan fingerprint density at radius 3 is 2.52 bits per heavy atom. The quantitative estimate of drug-likeness (QED) is 0.802. The summed E-state index contributed by atoms with van der Waals surface area (Å²) in [7, 11) is 0. The zero-order valence-corrected chi connectivity index (χ0v) is 11.4. The highest BCUT2D eigenvalue weighted by Gasteiger charge is 2.49. The van der Waals surface area contributed by atoms with Gasteiger partial charge in [-0.1, -0.05) is 0 Å². The Morgan fingerprint density at radius 2 is 1.91 bits per heavy atom. The molecule has 1 aliphatic heterocycles. The number of carbonyl (C=O) groups is 2. The minimum atomic E-state index is -5.22. The molecular formula is C13H11F5N2O3. The number of halogens is 5. The molecule has 5 nitrogen and oxygen atoms in total. The van der Waals surface area contributed by atoms with Crippen molar-refractivity contribution in [2.75, 3.05) is 11.9 Å². The van der Waals surface area contributed by atoms with Gasteiger partial charge in [-0.05, 0) is 12.1 Å². The molecule has 1 aliphatic rings. The topological polar surface area (TPSA) is 69.6 Å². The minimum Gasteiger partial charge on any atom is -0.391 e. The number of benzene rings is 1. The van der Waals surface area contributed by atoms with Crippen LogP contribution >= 0.6 is 0 Å². The molecule has 0 bridgehead atoms. The second kappa shape index (κ2) is 6.11. The lowest BCUT2D eigenvalue weighted by molar-refractivity contribution is -0.186. The molecule has 23 heavy (non-hydrogen) atoms. The molecule has 2 amide bonds. The third kappa shape index (κ3) is 3.76. The van der Waals surface area contributed by atoms with Crippen molar-refractivity contribution in [2.24, 2.45) is 0 Å². The zero-order chi connectivity index (χ0) is 17.4. The van der Waals surface area contributed by atoms with Crippen molar-refractivity contribution in [1.29, 1.82) is 0 Å². The van der Waals surface area contributed by atoms with E-state index in [-0.39, 0.29) is 4.90 Å². The summed E-state index contributed by atoms with van der Waals surface area (Å²) in [5.41, 5.74) is -0.573. The third-order valence-corrected chi connectivity index (χ3v) is 3.27. The van der Waals surface area contributed by atoms with Crippen LogP contribution < -0.4 is 5.32 Å². The largest absolute Gasteiger partial charge is 0.471 e. The lowest BCUT2D eigenvalue weighted by atomic mass is 10.1. The molecule has 2 rings (SSSR count). The van der Waals surface area contributed by atoms with E-state index < -0.39 is 60.4 Å². The molecule has 1 saturated heterocycles. The van der Waals surface area contributed by atoms with Gasteiger partial charge in [-0.2, -0.15) is 13.2 Å². The molecular weight excluding hydrogens is 327 g/mol. The minimum absolute atomic E-state index is 0.164. The van der Waals surface area contributed by atoms with Crippen LogP contribution in [0.2, 0.25) is 0 Å². The van der Waals surface area contributed by atoms with Crippen LogP contribution in [0, 0.1) is 11.6 Å². The van der Waals surface area contributed by atoms with Gasteiger partial charge in [0.15, 0.2) is 0 Å². The van der Waals surface area contributed by atoms with Crippen LogP contribution in [0.1, 0.15) is 6.42 Å². The Hall–Kier alpha value is -2.23. The first-order chi connectivity index (χ1) is 10.6. The van der Waals surface area contributed by atoms with Crippen molar-refractivity contribution in [2.45, 2.75) is 24.7 Å². The predicted molar refractivity (Wildman–Crippen MR) is 67.2 cm³/mol. The van der Waals surface area contributed by atoms with Crippen LogP contribution in [0.4, 0.5) is 27.6 Å². The number of anilines is 1. The molecule has 0 aromatic heterocycles. The summed E-state index contributed by atoms with van der Waals surface area (Å²) in [6.45, 7) is -0.679. The van der Waals surface area contributed by atoms with Crippen molar-refractivity contribution in [3.05, 3.63) is 29.8 Å². The van der Waals surface area contributed by atoms with Crippen molar-refractivity contribution in [3.63, 3.8) is 0 Å². The van der Waals surface area contributed by atoms with Gasteiger partial charge in [0, 0.05) is 19.0 Å². The molecule has 0 aliphatic carbocycles. The number of alkyl halides is 3. The van der Waals surface area contributed by atoms with E-state index in [2.05, 4.69) is 0 Å². The normalized spacial score (nSPS) is 21.4. The SMILES string of the molecule is O=C(Nc1cc(F)ccc1F)[C@H]1C[C@H](O)CN1C(=O)C(F)(F)F. The number of β-amino-alcohol motifs (C(OH)–C–C–N with tert-alkyl or cyclic N) is 1. The van der Waals surface area contributed by atoms with Crippen molar-refractivity contribution >= 4 is 17.5 Å². The molecule has 2 atom stereocenters. The van der Waals surface area contributed by atoms with E-state index in [0.29, 0.717) is 6.07 Å². The number of amides is 2. The lowest BCUT2D eigenvalue weighted by Gasteiger charge is -2.24. The summed E-state index contributed by atoms with van der Waals surface area (Å²) in [5, 5.41) is 11.3. The average molecular weight is 338 g/mol. The molecule has 10 heteroatoms. The molecule has 1 fully saturated rings. The Bertz CT molecular complexity index is 635. The summed E-state index contributed by atoms with van der Waals surface area (Å²) >= 11 is 0. The van der Waals surface area contributed by atoms with Gasteiger partial charge in [0.25, 0.3) is 0 Å². The first kappa shape index (κ1) is 17.1. The number of nitrogens with zero attached hydrogens (tertiary/aromatic N) is 1. The molecule has 0 spiro atoms. The second-order valence-electron chi connectivity index (χ2n) is 4.97. The first-order valence-corrected chi connectivity index (χ1v) is 6.41. The fraction of sp³-hybridized carbons (Fsp3) is 0.385. The summed E-state index contributed by atoms with van der Waals surface area (Å²) < 4.78 is 64.0.